The van der Waals surface area contributed by atoms with Gasteiger partial charge in [0.1, 0.15) is 11.6 Å². The second kappa shape index (κ2) is 5.73. The van der Waals surface area contributed by atoms with Gasteiger partial charge in [0.05, 0.1) is 18.4 Å². The molecule has 0 atom stereocenters. The molecule has 2 N–H and O–H groups in total. The molecular formula is C17H14N2O3. The highest BCUT2D eigenvalue weighted by atomic mass is 16.5. The van der Waals surface area contributed by atoms with Crippen LogP contribution in [-0.4, -0.2) is 23.2 Å². The number of aromatic nitrogens is 1. The van der Waals surface area contributed by atoms with Gasteiger partial charge in [-0.1, -0.05) is 36.4 Å². The van der Waals surface area contributed by atoms with Gasteiger partial charge in [0.25, 0.3) is 0 Å². The molecule has 3 aromatic rings. The lowest BCUT2D eigenvalue weighted by Crippen LogP contribution is -2.02. The van der Waals surface area contributed by atoms with Crippen molar-refractivity contribution in [3.63, 3.8) is 0 Å². The van der Waals surface area contributed by atoms with Crippen LogP contribution in [0.1, 0.15) is 10.4 Å². The highest BCUT2D eigenvalue weighted by Crippen LogP contribution is 2.31. The molecule has 0 unspecified atom stereocenters. The minimum Gasteiger partial charge on any atom is -0.495 e. The highest BCUT2D eigenvalue weighted by molar-refractivity contribution is 6.06. The highest BCUT2D eigenvalue weighted by Gasteiger charge is 2.13. The van der Waals surface area contributed by atoms with Gasteiger partial charge in [0.2, 0.25) is 0 Å². The SMILES string of the molecule is COc1ccccc1Nc1ncc(C(=O)O)c2ccccc12. The Kier molecular flexibility index (Phi) is 3.62. The summed E-state index contributed by atoms with van der Waals surface area (Å²) in [6, 6.07) is 14.8. The molecule has 1 heterocycles. The van der Waals surface area contributed by atoms with Crippen LogP contribution >= 0.6 is 0 Å². The largest absolute Gasteiger partial charge is 0.495 e. The summed E-state index contributed by atoms with van der Waals surface area (Å²) in [6.45, 7) is 0. The van der Waals surface area contributed by atoms with E-state index in [1.807, 2.05) is 42.5 Å². The number of nitrogens with zero attached hydrogens (tertiary/aromatic N) is 1. The van der Waals surface area contributed by atoms with Gasteiger partial charge in [-0.2, -0.15) is 0 Å². The fraction of sp³-hybridized carbons (Fsp3) is 0.0588. The minimum absolute atomic E-state index is 0.182. The molecule has 3 rings (SSSR count). The van der Waals surface area contributed by atoms with Gasteiger partial charge in [0.15, 0.2) is 0 Å². The average molecular weight is 294 g/mol. The van der Waals surface area contributed by atoms with Crippen LogP contribution in [0.15, 0.2) is 54.7 Å². The number of rotatable bonds is 4. The fourth-order valence-electron chi connectivity index (χ4n) is 2.34. The Bertz CT molecular complexity index is 846. The molecule has 5 nitrogen and oxygen atoms in total. The summed E-state index contributed by atoms with van der Waals surface area (Å²) in [6.07, 6.45) is 1.36. The van der Waals surface area contributed by atoms with Crippen molar-refractivity contribution in [2.24, 2.45) is 0 Å². The standard InChI is InChI=1S/C17H14N2O3/c1-22-15-9-5-4-8-14(15)19-16-12-7-3-2-6-11(12)13(10-18-16)17(20)21/h2-10H,1H3,(H,18,19)(H,20,21). The minimum atomic E-state index is -0.993. The first-order chi connectivity index (χ1) is 10.7. The van der Waals surface area contributed by atoms with Crippen molar-refractivity contribution in [2.75, 3.05) is 12.4 Å². The van der Waals surface area contributed by atoms with Crippen molar-refractivity contribution in [3.05, 3.63) is 60.3 Å². The van der Waals surface area contributed by atoms with Crippen LogP contribution in [-0.2, 0) is 0 Å². The quantitative estimate of drug-likeness (QED) is 0.768. The van der Waals surface area contributed by atoms with Gasteiger partial charge in [-0.3, -0.25) is 0 Å². The molecule has 0 saturated carbocycles. The number of hydrogen-bond acceptors (Lipinski definition) is 4. The zero-order valence-corrected chi connectivity index (χ0v) is 11.9. The lowest BCUT2D eigenvalue weighted by Gasteiger charge is -2.13. The van der Waals surface area contributed by atoms with Crippen molar-refractivity contribution in [2.45, 2.75) is 0 Å². The lowest BCUT2D eigenvalue weighted by molar-refractivity contribution is 0.0698. The van der Waals surface area contributed by atoms with Crippen LogP contribution in [0, 0.1) is 0 Å². The first kappa shape index (κ1) is 13.9. The summed E-state index contributed by atoms with van der Waals surface area (Å²) >= 11 is 0. The third kappa shape index (κ3) is 2.44. The smallest absolute Gasteiger partial charge is 0.337 e. The van der Waals surface area contributed by atoms with Crippen molar-refractivity contribution in [3.8, 4) is 5.75 Å². The molecule has 0 aliphatic rings. The molecule has 2 aromatic carbocycles. The van der Waals surface area contributed by atoms with Crippen LogP contribution in [0.25, 0.3) is 10.8 Å². The number of anilines is 2. The van der Waals surface area contributed by atoms with Gasteiger partial charge < -0.3 is 15.2 Å². The summed E-state index contributed by atoms with van der Waals surface area (Å²) in [5.74, 6) is 0.285. The number of benzene rings is 2. The Morgan fingerprint density at radius 3 is 2.50 bits per heavy atom. The lowest BCUT2D eigenvalue weighted by atomic mass is 10.1. The predicted molar refractivity (Wildman–Crippen MR) is 85.0 cm³/mol. The normalized spacial score (nSPS) is 10.4. The fourth-order valence-corrected chi connectivity index (χ4v) is 2.34. The Morgan fingerprint density at radius 1 is 1.09 bits per heavy atom. The summed E-state index contributed by atoms with van der Waals surface area (Å²) in [7, 11) is 1.60. The van der Waals surface area contributed by atoms with Crippen LogP contribution < -0.4 is 10.1 Å². The van der Waals surface area contributed by atoms with Crippen molar-refractivity contribution in [1.29, 1.82) is 0 Å². The summed E-state index contributed by atoms with van der Waals surface area (Å²) in [4.78, 5) is 15.6. The van der Waals surface area contributed by atoms with E-state index in [-0.39, 0.29) is 5.56 Å². The number of hydrogen-bond donors (Lipinski definition) is 2. The monoisotopic (exact) mass is 294 g/mol. The number of nitrogens with one attached hydrogen (secondary N) is 1. The summed E-state index contributed by atoms with van der Waals surface area (Å²) in [5, 5.41) is 13.9. The van der Waals surface area contributed by atoms with Crippen molar-refractivity contribution in [1.82, 2.24) is 4.98 Å². The van der Waals surface area contributed by atoms with Crippen LogP contribution in [0.2, 0.25) is 0 Å². The van der Waals surface area contributed by atoms with Gasteiger partial charge >= 0.3 is 5.97 Å². The summed E-state index contributed by atoms with van der Waals surface area (Å²) in [5.41, 5.74) is 0.951. The molecule has 5 heteroatoms. The first-order valence-corrected chi connectivity index (χ1v) is 6.72. The number of carboxylic acids is 1. The van der Waals surface area contributed by atoms with Crippen LogP contribution in [0.3, 0.4) is 0 Å². The number of carbonyl (C=O) groups is 1. The maximum absolute atomic E-state index is 11.3. The van der Waals surface area contributed by atoms with E-state index >= 15 is 0 Å². The number of para-hydroxylation sites is 2. The van der Waals surface area contributed by atoms with Gasteiger partial charge in [0, 0.05) is 17.0 Å². The van der Waals surface area contributed by atoms with Crippen LogP contribution in [0.4, 0.5) is 11.5 Å². The van der Waals surface area contributed by atoms with Crippen LogP contribution in [0.5, 0.6) is 5.75 Å². The third-order valence-corrected chi connectivity index (χ3v) is 3.39. The molecular weight excluding hydrogens is 280 g/mol. The first-order valence-electron chi connectivity index (χ1n) is 6.72. The Labute approximate surface area is 127 Å². The zero-order chi connectivity index (χ0) is 15.5. The van der Waals surface area contributed by atoms with E-state index in [9.17, 15) is 9.90 Å². The van der Waals surface area contributed by atoms with E-state index in [2.05, 4.69) is 10.3 Å². The molecule has 0 amide bonds. The van der Waals surface area contributed by atoms with E-state index in [4.69, 9.17) is 4.74 Å². The van der Waals surface area contributed by atoms with Gasteiger partial charge in [-0.15, -0.1) is 0 Å². The second-order valence-electron chi connectivity index (χ2n) is 4.70. The predicted octanol–water partition coefficient (Wildman–Crippen LogP) is 3.69. The molecule has 110 valence electrons. The van der Waals surface area contributed by atoms with Crippen molar-refractivity contribution < 1.29 is 14.6 Å². The number of carboxylic acid groups (broad SMARTS) is 1. The Hall–Kier alpha value is -3.08. The third-order valence-electron chi connectivity index (χ3n) is 3.39. The topological polar surface area (TPSA) is 71.5 Å². The Balaban J connectivity index is 2.12. The second-order valence-corrected chi connectivity index (χ2v) is 4.70. The van der Waals surface area contributed by atoms with E-state index in [1.54, 1.807) is 13.2 Å². The molecule has 1 aromatic heterocycles. The molecule has 0 saturated heterocycles. The molecule has 22 heavy (non-hydrogen) atoms. The number of fused-ring (bicyclic) bond motifs is 1. The average Bonchev–Trinajstić information content (AvgIpc) is 2.55. The number of ether oxygens (including phenoxy) is 1. The number of methoxy groups -OCH3 is 1. The van der Waals surface area contributed by atoms with Crippen molar-refractivity contribution >= 4 is 28.2 Å². The van der Waals surface area contributed by atoms with Gasteiger partial charge in [-0.05, 0) is 12.1 Å². The molecule has 0 bridgehead atoms. The number of aromatic carboxylic acids is 1. The van der Waals surface area contributed by atoms with E-state index < -0.39 is 5.97 Å². The number of pyridine rings is 1. The van der Waals surface area contributed by atoms with E-state index in [0.717, 1.165) is 11.1 Å². The molecule has 0 spiro atoms. The molecule has 0 fully saturated rings. The maximum atomic E-state index is 11.3. The van der Waals surface area contributed by atoms with E-state index in [0.29, 0.717) is 17.0 Å². The zero-order valence-electron chi connectivity index (χ0n) is 11.9. The summed E-state index contributed by atoms with van der Waals surface area (Å²) < 4.78 is 5.31. The molecule has 0 radical (unpaired) electrons. The molecule has 0 aliphatic carbocycles. The maximum Gasteiger partial charge on any atom is 0.337 e. The van der Waals surface area contributed by atoms with Gasteiger partial charge in [-0.25, -0.2) is 9.78 Å². The van der Waals surface area contributed by atoms with E-state index in [1.165, 1.54) is 6.20 Å². The molecule has 0 aliphatic heterocycles. The Morgan fingerprint density at radius 2 is 1.77 bits per heavy atom.